The lowest BCUT2D eigenvalue weighted by molar-refractivity contribution is -0.122. The third-order valence-electron chi connectivity index (χ3n) is 2.97. The highest BCUT2D eigenvalue weighted by atomic mass is 16.5. The van der Waals surface area contributed by atoms with Gasteiger partial charge >= 0.3 is 0 Å². The largest absolute Gasteiger partial charge is 0.491 e. The van der Waals surface area contributed by atoms with Gasteiger partial charge < -0.3 is 15.2 Å². The first kappa shape index (κ1) is 16.5. The minimum atomic E-state index is -0.0638. The van der Waals surface area contributed by atoms with Crippen molar-refractivity contribution in [3.05, 3.63) is 29.3 Å². The number of rotatable bonds is 8. The molecule has 0 aliphatic carbocycles. The molecule has 0 spiro atoms. The molecule has 0 bridgehead atoms. The summed E-state index contributed by atoms with van der Waals surface area (Å²) in [6, 6.07) is 6.01. The molecular weight excluding hydrogens is 256 g/mol. The predicted octanol–water partition coefficient (Wildman–Crippen LogP) is 0.723. The Hall–Kier alpha value is -1.59. The minimum Gasteiger partial charge on any atom is -0.491 e. The summed E-state index contributed by atoms with van der Waals surface area (Å²) in [5.74, 6) is 0.824. The zero-order chi connectivity index (χ0) is 15.0. The Kier molecular flexibility index (Phi) is 7.04. The monoisotopic (exact) mass is 280 g/mol. The van der Waals surface area contributed by atoms with Crippen molar-refractivity contribution in [3.63, 3.8) is 0 Å². The van der Waals surface area contributed by atoms with Crippen molar-refractivity contribution < 1.29 is 14.6 Å². The third-order valence-corrected chi connectivity index (χ3v) is 2.97. The highest BCUT2D eigenvalue weighted by Gasteiger charge is 2.06. The number of hydrogen-bond acceptors (Lipinski definition) is 4. The van der Waals surface area contributed by atoms with Gasteiger partial charge in [0.25, 0.3) is 0 Å². The molecular formula is C15H24N2O3. The number of aryl methyl sites for hydroxylation is 2. The lowest BCUT2D eigenvalue weighted by Crippen LogP contribution is -2.38. The fourth-order valence-electron chi connectivity index (χ4n) is 1.92. The Morgan fingerprint density at radius 1 is 1.35 bits per heavy atom. The number of aliphatic hydroxyl groups excluding tert-OH is 1. The lowest BCUT2D eigenvalue weighted by atomic mass is 10.1. The molecule has 1 aromatic carbocycles. The van der Waals surface area contributed by atoms with E-state index in [0.29, 0.717) is 19.7 Å². The standard InChI is InChI=1S/C15H24N2O3/c1-12-5-4-6-13(2)15(12)20-10-7-16-14(19)11-17(3)8-9-18/h4-6,18H,7-11H2,1-3H3,(H,16,19). The van der Waals surface area contributed by atoms with Gasteiger partial charge in [-0.1, -0.05) is 18.2 Å². The van der Waals surface area contributed by atoms with E-state index in [4.69, 9.17) is 9.84 Å². The van der Waals surface area contributed by atoms with E-state index in [1.807, 2.05) is 32.0 Å². The molecule has 0 atom stereocenters. The molecule has 0 saturated carbocycles. The van der Waals surface area contributed by atoms with Gasteiger partial charge in [-0.15, -0.1) is 0 Å². The Morgan fingerprint density at radius 3 is 2.60 bits per heavy atom. The van der Waals surface area contributed by atoms with Gasteiger partial charge in [-0.2, -0.15) is 0 Å². The van der Waals surface area contributed by atoms with E-state index < -0.39 is 0 Å². The first-order valence-electron chi connectivity index (χ1n) is 6.79. The molecule has 20 heavy (non-hydrogen) atoms. The van der Waals surface area contributed by atoms with Crippen molar-refractivity contribution in [2.75, 3.05) is 39.9 Å². The second-order valence-corrected chi connectivity index (χ2v) is 4.88. The van der Waals surface area contributed by atoms with Crippen LogP contribution in [-0.2, 0) is 4.79 Å². The Bertz CT molecular complexity index is 415. The van der Waals surface area contributed by atoms with Crippen molar-refractivity contribution in [1.29, 1.82) is 0 Å². The van der Waals surface area contributed by atoms with Crippen LogP contribution in [0.2, 0.25) is 0 Å². The number of amides is 1. The topological polar surface area (TPSA) is 61.8 Å². The number of carbonyl (C=O) groups excluding carboxylic acids is 1. The lowest BCUT2D eigenvalue weighted by Gasteiger charge is -2.15. The molecule has 5 heteroatoms. The fraction of sp³-hybridized carbons (Fsp3) is 0.533. The van der Waals surface area contributed by atoms with E-state index in [1.54, 1.807) is 11.9 Å². The Morgan fingerprint density at radius 2 is 2.00 bits per heavy atom. The van der Waals surface area contributed by atoms with Gasteiger partial charge in [-0.05, 0) is 32.0 Å². The Balaban J connectivity index is 2.26. The third kappa shape index (κ3) is 5.59. The molecule has 112 valence electrons. The summed E-state index contributed by atoms with van der Waals surface area (Å²) in [6.07, 6.45) is 0. The summed E-state index contributed by atoms with van der Waals surface area (Å²) >= 11 is 0. The predicted molar refractivity (Wildman–Crippen MR) is 79.0 cm³/mol. The zero-order valence-electron chi connectivity index (χ0n) is 12.5. The van der Waals surface area contributed by atoms with Crippen LogP contribution in [-0.4, -0.2) is 55.8 Å². The average Bonchev–Trinajstić information content (AvgIpc) is 2.37. The molecule has 0 unspecified atom stereocenters. The molecule has 0 saturated heterocycles. The van der Waals surface area contributed by atoms with Gasteiger partial charge in [-0.25, -0.2) is 0 Å². The van der Waals surface area contributed by atoms with Gasteiger partial charge in [0.15, 0.2) is 0 Å². The molecule has 1 amide bonds. The second-order valence-electron chi connectivity index (χ2n) is 4.88. The molecule has 0 heterocycles. The first-order chi connectivity index (χ1) is 9.54. The normalized spacial score (nSPS) is 10.7. The van der Waals surface area contributed by atoms with Crippen LogP contribution < -0.4 is 10.1 Å². The fourth-order valence-corrected chi connectivity index (χ4v) is 1.92. The quantitative estimate of drug-likeness (QED) is 0.689. The maximum atomic E-state index is 11.6. The van der Waals surface area contributed by atoms with Crippen molar-refractivity contribution in [2.24, 2.45) is 0 Å². The molecule has 2 N–H and O–H groups in total. The van der Waals surface area contributed by atoms with Gasteiger partial charge in [0.05, 0.1) is 19.7 Å². The first-order valence-corrected chi connectivity index (χ1v) is 6.79. The van der Waals surface area contributed by atoms with Gasteiger partial charge in [0, 0.05) is 6.54 Å². The van der Waals surface area contributed by atoms with E-state index in [1.165, 1.54) is 0 Å². The number of carbonyl (C=O) groups is 1. The highest BCUT2D eigenvalue weighted by Crippen LogP contribution is 2.21. The van der Waals surface area contributed by atoms with Crippen molar-refractivity contribution >= 4 is 5.91 Å². The summed E-state index contributed by atoms with van der Waals surface area (Å²) in [7, 11) is 1.79. The summed E-state index contributed by atoms with van der Waals surface area (Å²) < 4.78 is 5.70. The molecule has 1 aromatic rings. The van der Waals surface area contributed by atoms with Crippen LogP contribution in [0.4, 0.5) is 0 Å². The van der Waals surface area contributed by atoms with E-state index in [2.05, 4.69) is 5.32 Å². The maximum Gasteiger partial charge on any atom is 0.234 e. The number of likely N-dealkylation sites (N-methyl/N-ethyl adjacent to an activating group) is 1. The number of benzene rings is 1. The van der Waals surface area contributed by atoms with E-state index in [-0.39, 0.29) is 19.1 Å². The second kappa shape index (κ2) is 8.55. The Labute approximate surface area is 120 Å². The molecule has 0 aliphatic rings. The van der Waals surface area contributed by atoms with Crippen molar-refractivity contribution in [3.8, 4) is 5.75 Å². The van der Waals surface area contributed by atoms with Crippen molar-refractivity contribution in [1.82, 2.24) is 10.2 Å². The van der Waals surface area contributed by atoms with Crippen LogP contribution in [0.1, 0.15) is 11.1 Å². The average molecular weight is 280 g/mol. The van der Waals surface area contributed by atoms with Crippen LogP contribution >= 0.6 is 0 Å². The van der Waals surface area contributed by atoms with Crippen LogP contribution in [0.15, 0.2) is 18.2 Å². The van der Waals surface area contributed by atoms with Gasteiger partial charge in [0.1, 0.15) is 12.4 Å². The maximum absolute atomic E-state index is 11.6. The van der Waals surface area contributed by atoms with Crippen LogP contribution in [0.3, 0.4) is 0 Å². The van der Waals surface area contributed by atoms with Crippen LogP contribution in [0, 0.1) is 13.8 Å². The van der Waals surface area contributed by atoms with E-state index in [0.717, 1.165) is 16.9 Å². The van der Waals surface area contributed by atoms with Gasteiger partial charge in [-0.3, -0.25) is 9.69 Å². The molecule has 0 aromatic heterocycles. The van der Waals surface area contributed by atoms with E-state index >= 15 is 0 Å². The molecule has 1 rings (SSSR count). The molecule has 0 aliphatic heterocycles. The van der Waals surface area contributed by atoms with Gasteiger partial charge in [0.2, 0.25) is 5.91 Å². The summed E-state index contributed by atoms with van der Waals surface area (Å²) in [4.78, 5) is 13.3. The number of nitrogens with zero attached hydrogens (tertiary/aromatic N) is 1. The number of para-hydroxylation sites is 1. The summed E-state index contributed by atoms with van der Waals surface area (Å²) in [5, 5.41) is 11.5. The van der Waals surface area contributed by atoms with Crippen LogP contribution in [0.25, 0.3) is 0 Å². The number of aliphatic hydroxyl groups is 1. The molecule has 5 nitrogen and oxygen atoms in total. The molecule has 0 radical (unpaired) electrons. The SMILES string of the molecule is Cc1cccc(C)c1OCCNC(=O)CN(C)CCO. The van der Waals surface area contributed by atoms with Crippen molar-refractivity contribution in [2.45, 2.75) is 13.8 Å². The number of nitrogens with one attached hydrogen (secondary N) is 1. The smallest absolute Gasteiger partial charge is 0.234 e. The summed E-state index contributed by atoms with van der Waals surface area (Å²) in [6.45, 7) is 5.76. The number of hydrogen-bond donors (Lipinski definition) is 2. The minimum absolute atomic E-state index is 0.0550. The van der Waals surface area contributed by atoms with Crippen LogP contribution in [0.5, 0.6) is 5.75 Å². The molecule has 0 fully saturated rings. The van der Waals surface area contributed by atoms with E-state index in [9.17, 15) is 4.79 Å². The number of ether oxygens (including phenoxy) is 1. The summed E-state index contributed by atoms with van der Waals surface area (Å²) in [5.41, 5.74) is 2.19. The highest BCUT2D eigenvalue weighted by molar-refractivity contribution is 5.77. The zero-order valence-corrected chi connectivity index (χ0v) is 12.5.